The number of aryl methyl sites for hydroxylation is 2. The maximum Gasteiger partial charge on any atom is 0.0548 e. The van der Waals surface area contributed by atoms with E-state index in [0.717, 1.165) is 25.9 Å². The van der Waals surface area contributed by atoms with Crippen LogP contribution in [-0.4, -0.2) is 43.7 Å². The monoisotopic (exact) mass is 275 g/mol. The average Bonchev–Trinajstić information content (AvgIpc) is 2.41. The summed E-state index contributed by atoms with van der Waals surface area (Å²) in [5.74, 6) is 0. The average molecular weight is 275 g/mol. The minimum atomic E-state index is 0.0892. The van der Waals surface area contributed by atoms with Crippen molar-refractivity contribution in [3.8, 4) is 0 Å². The van der Waals surface area contributed by atoms with Crippen LogP contribution >= 0.6 is 0 Å². The Hall–Kier alpha value is -1.06. The van der Waals surface area contributed by atoms with Gasteiger partial charge >= 0.3 is 0 Å². The third-order valence-electron chi connectivity index (χ3n) is 5.16. The number of anilines is 1. The summed E-state index contributed by atoms with van der Waals surface area (Å²) in [5, 5.41) is 0. The van der Waals surface area contributed by atoms with E-state index in [0.29, 0.717) is 6.04 Å². The van der Waals surface area contributed by atoms with Crippen molar-refractivity contribution >= 4 is 5.69 Å². The second-order valence-electron chi connectivity index (χ2n) is 6.56. The first-order valence-electron chi connectivity index (χ1n) is 7.61. The fourth-order valence-electron chi connectivity index (χ4n) is 3.48. The number of nitrogens with zero attached hydrogens (tertiary/aromatic N) is 2. The molecule has 1 aromatic carbocycles. The van der Waals surface area contributed by atoms with Crippen LogP contribution in [0.2, 0.25) is 0 Å². The highest BCUT2D eigenvalue weighted by Gasteiger charge is 2.39. The predicted molar refractivity (Wildman–Crippen MR) is 87.4 cm³/mol. The van der Waals surface area contributed by atoms with Crippen LogP contribution in [0.4, 0.5) is 5.69 Å². The second kappa shape index (κ2) is 5.74. The van der Waals surface area contributed by atoms with E-state index < -0.39 is 0 Å². The summed E-state index contributed by atoms with van der Waals surface area (Å²) in [6, 6.07) is 7.28. The molecule has 0 spiro atoms. The lowest BCUT2D eigenvalue weighted by Crippen LogP contribution is -2.60. The topological polar surface area (TPSA) is 32.5 Å². The number of likely N-dealkylation sites (N-methyl/N-ethyl adjacent to an activating group) is 1. The van der Waals surface area contributed by atoms with Crippen molar-refractivity contribution in [3.05, 3.63) is 29.3 Å². The Morgan fingerprint density at radius 1 is 1.40 bits per heavy atom. The summed E-state index contributed by atoms with van der Waals surface area (Å²) >= 11 is 0. The lowest BCUT2D eigenvalue weighted by atomic mass is 9.82. The van der Waals surface area contributed by atoms with E-state index in [9.17, 15) is 0 Å². The van der Waals surface area contributed by atoms with Crippen LogP contribution in [0.3, 0.4) is 0 Å². The van der Waals surface area contributed by atoms with Gasteiger partial charge in [-0.3, -0.25) is 0 Å². The molecule has 1 heterocycles. The molecule has 2 unspecified atom stereocenters. The maximum atomic E-state index is 6.20. The first-order chi connectivity index (χ1) is 9.39. The molecule has 0 amide bonds. The number of likely N-dealkylation sites (tertiary alicyclic amines) is 1. The van der Waals surface area contributed by atoms with Crippen LogP contribution in [0.5, 0.6) is 0 Å². The van der Waals surface area contributed by atoms with Gasteiger partial charge in [-0.1, -0.05) is 17.7 Å². The molecular formula is C17H29N3. The van der Waals surface area contributed by atoms with Gasteiger partial charge in [0.05, 0.1) is 5.54 Å². The van der Waals surface area contributed by atoms with E-state index in [-0.39, 0.29) is 5.54 Å². The van der Waals surface area contributed by atoms with Crippen LogP contribution in [0.1, 0.15) is 30.9 Å². The SMILES string of the molecule is Cc1ccc(N(C)C2(CN)CCN(C)C(C)C2)c(C)c1. The van der Waals surface area contributed by atoms with Gasteiger partial charge in [0, 0.05) is 31.9 Å². The fourth-order valence-corrected chi connectivity index (χ4v) is 3.48. The van der Waals surface area contributed by atoms with Crippen molar-refractivity contribution in [1.29, 1.82) is 0 Å². The van der Waals surface area contributed by atoms with E-state index in [2.05, 4.69) is 62.9 Å². The highest BCUT2D eigenvalue weighted by Crippen LogP contribution is 2.35. The molecule has 112 valence electrons. The quantitative estimate of drug-likeness (QED) is 0.920. The van der Waals surface area contributed by atoms with E-state index in [1.165, 1.54) is 16.8 Å². The molecule has 0 aromatic heterocycles. The second-order valence-corrected chi connectivity index (χ2v) is 6.56. The third kappa shape index (κ3) is 2.70. The molecule has 1 fully saturated rings. The minimum Gasteiger partial charge on any atom is -0.367 e. The van der Waals surface area contributed by atoms with Crippen molar-refractivity contribution in [3.63, 3.8) is 0 Å². The number of hydrogen-bond acceptors (Lipinski definition) is 3. The van der Waals surface area contributed by atoms with Gasteiger partial charge in [-0.15, -0.1) is 0 Å². The molecule has 2 N–H and O–H groups in total. The standard InChI is InChI=1S/C17H29N3/c1-13-6-7-16(14(2)10-13)20(5)17(12-18)8-9-19(4)15(3)11-17/h6-7,10,15H,8-9,11-12,18H2,1-5H3. The van der Waals surface area contributed by atoms with Crippen LogP contribution in [0, 0.1) is 13.8 Å². The molecule has 1 aliphatic rings. The molecule has 2 rings (SSSR count). The summed E-state index contributed by atoms with van der Waals surface area (Å²) in [5.41, 5.74) is 10.3. The van der Waals surface area contributed by atoms with Gasteiger partial charge in [0.1, 0.15) is 0 Å². The van der Waals surface area contributed by atoms with E-state index in [1.807, 2.05) is 0 Å². The molecule has 1 aromatic rings. The molecule has 3 heteroatoms. The molecule has 0 bridgehead atoms. The van der Waals surface area contributed by atoms with Gasteiger partial charge in [0.25, 0.3) is 0 Å². The maximum absolute atomic E-state index is 6.20. The zero-order valence-corrected chi connectivity index (χ0v) is 13.6. The Morgan fingerprint density at radius 2 is 2.10 bits per heavy atom. The summed E-state index contributed by atoms with van der Waals surface area (Å²) in [6.45, 7) is 8.48. The summed E-state index contributed by atoms with van der Waals surface area (Å²) in [6.07, 6.45) is 2.26. The Labute approximate surface area is 123 Å². The number of benzene rings is 1. The number of piperidine rings is 1. The Morgan fingerprint density at radius 3 is 2.65 bits per heavy atom. The van der Waals surface area contributed by atoms with Gasteiger partial charge in [0.15, 0.2) is 0 Å². The van der Waals surface area contributed by atoms with Crippen molar-refractivity contribution in [2.24, 2.45) is 5.73 Å². The first-order valence-corrected chi connectivity index (χ1v) is 7.61. The molecule has 20 heavy (non-hydrogen) atoms. The molecule has 1 aliphatic heterocycles. The Bertz CT molecular complexity index is 471. The molecular weight excluding hydrogens is 246 g/mol. The van der Waals surface area contributed by atoms with Crippen molar-refractivity contribution in [1.82, 2.24) is 4.90 Å². The van der Waals surface area contributed by atoms with Crippen LogP contribution in [0.15, 0.2) is 18.2 Å². The van der Waals surface area contributed by atoms with Gasteiger partial charge in [-0.2, -0.15) is 0 Å². The van der Waals surface area contributed by atoms with Gasteiger partial charge in [-0.05, 0) is 52.3 Å². The van der Waals surface area contributed by atoms with Gasteiger partial charge in [-0.25, -0.2) is 0 Å². The van der Waals surface area contributed by atoms with Crippen LogP contribution < -0.4 is 10.6 Å². The number of rotatable bonds is 3. The molecule has 1 saturated heterocycles. The predicted octanol–water partition coefficient (Wildman–Crippen LogP) is 2.55. The summed E-state index contributed by atoms with van der Waals surface area (Å²) in [4.78, 5) is 4.87. The van der Waals surface area contributed by atoms with Crippen molar-refractivity contribution in [2.45, 2.75) is 45.2 Å². The normalized spacial score (nSPS) is 27.6. The lowest BCUT2D eigenvalue weighted by molar-refractivity contribution is 0.132. The van der Waals surface area contributed by atoms with E-state index in [4.69, 9.17) is 5.73 Å². The lowest BCUT2D eigenvalue weighted by Gasteiger charge is -2.50. The smallest absolute Gasteiger partial charge is 0.0548 e. The fraction of sp³-hybridized carbons (Fsp3) is 0.647. The molecule has 0 aliphatic carbocycles. The number of hydrogen-bond donors (Lipinski definition) is 1. The van der Waals surface area contributed by atoms with Gasteiger partial charge in [0.2, 0.25) is 0 Å². The van der Waals surface area contributed by atoms with Crippen LogP contribution in [0.25, 0.3) is 0 Å². The Balaban J connectivity index is 2.31. The van der Waals surface area contributed by atoms with Crippen molar-refractivity contribution < 1.29 is 0 Å². The Kier molecular flexibility index (Phi) is 4.40. The van der Waals surface area contributed by atoms with E-state index in [1.54, 1.807) is 0 Å². The third-order valence-corrected chi connectivity index (χ3v) is 5.16. The van der Waals surface area contributed by atoms with Gasteiger partial charge < -0.3 is 15.5 Å². The zero-order valence-electron chi connectivity index (χ0n) is 13.6. The summed E-state index contributed by atoms with van der Waals surface area (Å²) in [7, 11) is 4.42. The molecule has 3 nitrogen and oxygen atoms in total. The zero-order chi connectivity index (χ0) is 14.9. The molecule has 2 atom stereocenters. The highest BCUT2D eigenvalue weighted by atomic mass is 15.2. The van der Waals surface area contributed by atoms with Crippen molar-refractivity contribution in [2.75, 3.05) is 32.1 Å². The van der Waals surface area contributed by atoms with E-state index >= 15 is 0 Å². The van der Waals surface area contributed by atoms with Crippen LogP contribution in [-0.2, 0) is 0 Å². The summed E-state index contributed by atoms with van der Waals surface area (Å²) < 4.78 is 0. The highest BCUT2D eigenvalue weighted by molar-refractivity contribution is 5.56. The number of nitrogens with two attached hydrogens (primary N) is 1. The molecule has 0 radical (unpaired) electrons. The largest absolute Gasteiger partial charge is 0.367 e. The first kappa shape index (κ1) is 15.3. The minimum absolute atomic E-state index is 0.0892. The molecule has 0 saturated carbocycles.